The first-order valence-corrected chi connectivity index (χ1v) is 7.16. The van der Waals surface area contributed by atoms with Crippen molar-refractivity contribution in [3.05, 3.63) is 56.8 Å². The molecule has 0 saturated carbocycles. The summed E-state index contributed by atoms with van der Waals surface area (Å²) in [6.07, 6.45) is 0. The Kier molecular flexibility index (Phi) is 3.65. The molecule has 1 unspecified atom stereocenters. The largest absolute Gasteiger partial charge is 0.508 e. The maximum absolute atomic E-state index is 11.7. The minimum Gasteiger partial charge on any atom is -0.508 e. The lowest BCUT2D eigenvalue weighted by Gasteiger charge is -2.29. The van der Waals surface area contributed by atoms with Crippen LogP contribution in [0.15, 0.2) is 41.1 Å². The quantitative estimate of drug-likeness (QED) is 0.539. The summed E-state index contributed by atoms with van der Waals surface area (Å²) in [5, 5.41) is 34.4. The van der Waals surface area contributed by atoms with Crippen LogP contribution < -0.4 is 15.8 Å². The van der Waals surface area contributed by atoms with Gasteiger partial charge in [-0.3, -0.25) is 10.1 Å². The molecule has 1 fully saturated rings. The Morgan fingerprint density at radius 2 is 2.33 bits per heavy atom. The molecular formula is C15H15N5O4. The summed E-state index contributed by atoms with van der Waals surface area (Å²) >= 11 is 0. The number of hydrogen-bond donors (Lipinski definition) is 3. The predicted molar refractivity (Wildman–Crippen MR) is 83.0 cm³/mol. The molecule has 2 aliphatic heterocycles. The molecule has 9 heteroatoms. The monoisotopic (exact) mass is 329 g/mol. The number of nitriles is 1. The van der Waals surface area contributed by atoms with E-state index in [0.29, 0.717) is 18.8 Å². The molecule has 1 atom stereocenters. The van der Waals surface area contributed by atoms with E-state index >= 15 is 0 Å². The van der Waals surface area contributed by atoms with Crippen LogP contribution in [-0.4, -0.2) is 35.1 Å². The third kappa shape index (κ3) is 2.16. The van der Waals surface area contributed by atoms with Crippen LogP contribution in [0.1, 0.15) is 11.5 Å². The standard InChI is InChI=1S/C15H15N5O4/c1-24-8-2-3-11(21)9(6-8)12-10(7-16)14(17)19-5-4-18-15(19)13(12)20(22)23/h2-3,6,12,18,21H,4-5,17H2,1H3. The summed E-state index contributed by atoms with van der Waals surface area (Å²) in [6, 6.07) is 6.33. The first kappa shape index (κ1) is 15.5. The van der Waals surface area contributed by atoms with Gasteiger partial charge in [-0.1, -0.05) is 0 Å². The van der Waals surface area contributed by atoms with E-state index in [1.807, 2.05) is 6.07 Å². The number of rotatable bonds is 3. The Morgan fingerprint density at radius 3 is 2.96 bits per heavy atom. The van der Waals surface area contributed by atoms with Crippen molar-refractivity contribution in [2.24, 2.45) is 5.73 Å². The van der Waals surface area contributed by atoms with Gasteiger partial charge in [0.2, 0.25) is 0 Å². The average molecular weight is 329 g/mol. The lowest BCUT2D eigenvalue weighted by Crippen LogP contribution is -2.36. The summed E-state index contributed by atoms with van der Waals surface area (Å²) in [4.78, 5) is 12.7. The van der Waals surface area contributed by atoms with Crippen molar-refractivity contribution in [2.45, 2.75) is 5.92 Å². The van der Waals surface area contributed by atoms with E-state index < -0.39 is 10.8 Å². The first-order chi connectivity index (χ1) is 11.5. The Morgan fingerprint density at radius 1 is 1.58 bits per heavy atom. The number of nitrogens with one attached hydrogen (secondary N) is 1. The number of ether oxygens (including phenoxy) is 1. The molecule has 3 rings (SSSR count). The van der Waals surface area contributed by atoms with Crippen molar-refractivity contribution in [1.82, 2.24) is 10.2 Å². The number of benzene rings is 1. The van der Waals surface area contributed by atoms with Gasteiger partial charge in [-0.2, -0.15) is 5.26 Å². The van der Waals surface area contributed by atoms with Crippen molar-refractivity contribution in [3.8, 4) is 17.6 Å². The van der Waals surface area contributed by atoms with E-state index in [1.54, 1.807) is 0 Å². The second-order valence-electron chi connectivity index (χ2n) is 5.34. The lowest BCUT2D eigenvalue weighted by molar-refractivity contribution is -0.432. The van der Waals surface area contributed by atoms with Gasteiger partial charge in [-0.05, 0) is 18.2 Å². The second kappa shape index (κ2) is 5.66. The molecule has 1 aromatic rings. The Labute approximate surface area is 137 Å². The highest BCUT2D eigenvalue weighted by atomic mass is 16.6. The van der Waals surface area contributed by atoms with Crippen LogP contribution >= 0.6 is 0 Å². The van der Waals surface area contributed by atoms with Crippen LogP contribution in [0.4, 0.5) is 0 Å². The van der Waals surface area contributed by atoms with E-state index in [1.165, 1.54) is 30.2 Å². The maximum Gasteiger partial charge on any atom is 0.299 e. The molecule has 0 aromatic heterocycles. The van der Waals surface area contributed by atoms with Crippen molar-refractivity contribution >= 4 is 0 Å². The Bertz CT molecular complexity index is 824. The van der Waals surface area contributed by atoms with Crippen LogP contribution in [0.25, 0.3) is 0 Å². The van der Waals surface area contributed by atoms with Crippen LogP contribution in [-0.2, 0) is 0 Å². The zero-order valence-electron chi connectivity index (χ0n) is 12.8. The van der Waals surface area contributed by atoms with Gasteiger partial charge >= 0.3 is 0 Å². The summed E-state index contributed by atoms with van der Waals surface area (Å²) in [5.74, 6) is -0.447. The fraction of sp³-hybridized carbons (Fsp3) is 0.267. The van der Waals surface area contributed by atoms with Crippen LogP contribution in [0.3, 0.4) is 0 Å². The van der Waals surface area contributed by atoms with Gasteiger partial charge in [0.15, 0.2) is 5.82 Å². The van der Waals surface area contributed by atoms with Gasteiger partial charge in [0.25, 0.3) is 5.70 Å². The van der Waals surface area contributed by atoms with Crippen LogP contribution in [0, 0.1) is 21.4 Å². The molecular weight excluding hydrogens is 314 g/mol. The number of nitrogens with zero attached hydrogens (tertiary/aromatic N) is 3. The van der Waals surface area contributed by atoms with Gasteiger partial charge in [-0.15, -0.1) is 0 Å². The minimum absolute atomic E-state index is 0.0257. The highest BCUT2D eigenvalue weighted by Crippen LogP contribution is 2.44. The second-order valence-corrected chi connectivity index (χ2v) is 5.34. The number of methoxy groups -OCH3 is 1. The van der Waals surface area contributed by atoms with E-state index in [-0.39, 0.29) is 34.2 Å². The average Bonchev–Trinajstić information content (AvgIpc) is 3.04. The molecule has 9 nitrogen and oxygen atoms in total. The van der Waals surface area contributed by atoms with Gasteiger partial charge in [-0.25, -0.2) is 0 Å². The minimum atomic E-state index is -1.09. The molecule has 0 bridgehead atoms. The molecule has 124 valence electrons. The third-order valence-electron chi connectivity index (χ3n) is 4.13. The topological polar surface area (TPSA) is 138 Å². The van der Waals surface area contributed by atoms with Crippen molar-refractivity contribution in [3.63, 3.8) is 0 Å². The van der Waals surface area contributed by atoms with Crippen molar-refractivity contribution in [2.75, 3.05) is 20.2 Å². The first-order valence-electron chi connectivity index (χ1n) is 7.16. The number of aromatic hydroxyl groups is 1. The number of hydrogen-bond acceptors (Lipinski definition) is 8. The molecule has 2 aliphatic rings. The molecule has 0 amide bonds. The molecule has 1 aromatic carbocycles. The molecule has 2 heterocycles. The van der Waals surface area contributed by atoms with Gasteiger partial charge in [0, 0.05) is 18.7 Å². The number of fused-ring (bicyclic) bond motifs is 1. The fourth-order valence-corrected chi connectivity index (χ4v) is 3.04. The van der Waals surface area contributed by atoms with Crippen molar-refractivity contribution in [1.29, 1.82) is 5.26 Å². The van der Waals surface area contributed by atoms with E-state index in [4.69, 9.17) is 10.5 Å². The molecule has 4 N–H and O–H groups in total. The van der Waals surface area contributed by atoms with E-state index in [9.17, 15) is 20.5 Å². The lowest BCUT2D eigenvalue weighted by atomic mass is 9.85. The molecule has 0 radical (unpaired) electrons. The van der Waals surface area contributed by atoms with E-state index in [2.05, 4.69) is 5.32 Å². The SMILES string of the molecule is COc1ccc(O)c(C2C(C#N)=C(N)N3CCNC3=C2[N+](=O)[O-])c1. The fourth-order valence-electron chi connectivity index (χ4n) is 3.04. The molecule has 0 spiro atoms. The number of phenols is 1. The Balaban J connectivity index is 2.28. The number of nitrogens with two attached hydrogens (primary N) is 1. The van der Waals surface area contributed by atoms with Gasteiger partial charge in [0.1, 0.15) is 23.2 Å². The van der Waals surface area contributed by atoms with Crippen LogP contribution in [0.5, 0.6) is 11.5 Å². The maximum atomic E-state index is 11.7. The smallest absolute Gasteiger partial charge is 0.299 e. The molecule has 1 saturated heterocycles. The summed E-state index contributed by atoms with van der Waals surface area (Å²) < 4.78 is 5.13. The van der Waals surface area contributed by atoms with Gasteiger partial charge in [0.05, 0.1) is 23.7 Å². The third-order valence-corrected chi connectivity index (χ3v) is 4.13. The summed E-state index contributed by atoms with van der Waals surface area (Å²) in [7, 11) is 1.44. The summed E-state index contributed by atoms with van der Waals surface area (Å²) in [5.41, 5.74) is 6.06. The highest BCUT2D eigenvalue weighted by molar-refractivity contribution is 5.55. The van der Waals surface area contributed by atoms with E-state index in [0.717, 1.165) is 0 Å². The number of phenolic OH excluding ortho intramolecular Hbond substituents is 1. The van der Waals surface area contributed by atoms with Crippen LogP contribution in [0.2, 0.25) is 0 Å². The number of allylic oxidation sites excluding steroid dienone is 1. The molecule has 0 aliphatic carbocycles. The number of nitro groups is 1. The zero-order chi connectivity index (χ0) is 17.4. The zero-order valence-corrected chi connectivity index (χ0v) is 12.8. The summed E-state index contributed by atoms with van der Waals surface area (Å²) in [6.45, 7) is 0.906. The van der Waals surface area contributed by atoms with Gasteiger partial charge < -0.3 is 25.8 Å². The molecule has 24 heavy (non-hydrogen) atoms. The normalized spacial score (nSPS) is 19.7. The Hall–Kier alpha value is -3.41. The highest BCUT2D eigenvalue weighted by Gasteiger charge is 2.45. The van der Waals surface area contributed by atoms with Crippen molar-refractivity contribution < 1.29 is 14.8 Å². The predicted octanol–water partition coefficient (Wildman–Crippen LogP) is 0.543.